The van der Waals surface area contributed by atoms with E-state index >= 15 is 0 Å². The molecule has 0 aliphatic heterocycles. The van der Waals surface area contributed by atoms with E-state index in [0.717, 1.165) is 30.9 Å². The molecule has 168 valence electrons. The Kier molecular flexibility index (Phi) is 7.68. The SMILES string of the molecule is O=S(=O)(NCC1(Cc2ccc(CCSC3CCCC3)cc2)CCC1)c1ccc(Cl)cc1. The van der Waals surface area contributed by atoms with Crippen molar-refractivity contribution >= 4 is 33.4 Å². The second kappa shape index (κ2) is 10.3. The fourth-order valence-corrected chi connectivity index (χ4v) is 7.33. The molecule has 2 aromatic rings. The molecule has 4 rings (SSSR count). The highest BCUT2D eigenvalue weighted by atomic mass is 35.5. The molecule has 0 unspecified atom stereocenters. The summed E-state index contributed by atoms with van der Waals surface area (Å²) in [6.45, 7) is 0.484. The lowest BCUT2D eigenvalue weighted by Crippen LogP contribution is -2.43. The number of hydrogen-bond acceptors (Lipinski definition) is 3. The van der Waals surface area contributed by atoms with Gasteiger partial charge in [0.25, 0.3) is 0 Å². The molecule has 0 bridgehead atoms. The van der Waals surface area contributed by atoms with Crippen LogP contribution in [-0.4, -0.2) is 26.0 Å². The minimum Gasteiger partial charge on any atom is -0.211 e. The van der Waals surface area contributed by atoms with E-state index in [-0.39, 0.29) is 10.3 Å². The molecule has 0 amide bonds. The van der Waals surface area contributed by atoms with Crippen LogP contribution in [-0.2, 0) is 22.9 Å². The highest BCUT2D eigenvalue weighted by Gasteiger charge is 2.38. The van der Waals surface area contributed by atoms with Gasteiger partial charge < -0.3 is 0 Å². The molecule has 0 heterocycles. The van der Waals surface area contributed by atoms with Crippen molar-refractivity contribution in [2.45, 2.75) is 67.9 Å². The molecule has 0 atom stereocenters. The first-order valence-electron chi connectivity index (χ1n) is 11.4. The van der Waals surface area contributed by atoms with Crippen molar-refractivity contribution < 1.29 is 8.42 Å². The molecule has 0 radical (unpaired) electrons. The van der Waals surface area contributed by atoms with Crippen LogP contribution in [0.3, 0.4) is 0 Å². The van der Waals surface area contributed by atoms with Gasteiger partial charge in [-0.2, -0.15) is 11.8 Å². The Hall–Kier alpha value is -1.01. The minimum atomic E-state index is -3.51. The van der Waals surface area contributed by atoms with Gasteiger partial charge in [-0.25, -0.2) is 13.1 Å². The van der Waals surface area contributed by atoms with Gasteiger partial charge >= 0.3 is 0 Å². The predicted molar refractivity (Wildman–Crippen MR) is 131 cm³/mol. The standard InChI is InChI=1S/C25H32ClNO2S2/c26-22-10-12-24(13-11-22)31(28,29)27-19-25(15-3-16-25)18-21-8-6-20(7-9-21)14-17-30-23-4-1-2-5-23/h6-13,23,27H,1-5,14-19H2. The molecule has 2 aliphatic carbocycles. The first kappa shape index (κ1) is 23.2. The number of thioether (sulfide) groups is 1. The third kappa shape index (κ3) is 6.28. The highest BCUT2D eigenvalue weighted by molar-refractivity contribution is 7.99. The monoisotopic (exact) mass is 477 g/mol. The summed E-state index contributed by atoms with van der Waals surface area (Å²) in [7, 11) is -3.51. The van der Waals surface area contributed by atoms with Crippen molar-refractivity contribution in [2.24, 2.45) is 5.41 Å². The second-order valence-corrected chi connectivity index (χ2v) is 12.8. The van der Waals surface area contributed by atoms with Gasteiger partial charge in [0.1, 0.15) is 0 Å². The molecular formula is C25H32ClNO2S2. The second-order valence-electron chi connectivity index (χ2n) is 9.15. The van der Waals surface area contributed by atoms with Gasteiger partial charge in [-0.05, 0) is 85.1 Å². The van der Waals surface area contributed by atoms with Crippen LogP contribution in [0.15, 0.2) is 53.4 Å². The molecule has 6 heteroatoms. The normalized spacial score (nSPS) is 18.7. The largest absolute Gasteiger partial charge is 0.240 e. The van der Waals surface area contributed by atoms with Crippen molar-refractivity contribution in [3.8, 4) is 0 Å². The van der Waals surface area contributed by atoms with Crippen LogP contribution in [0.2, 0.25) is 5.02 Å². The van der Waals surface area contributed by atoms with Gasteiger partial charge in [0.2, 0.25) is 10.0 Å². The van der Waals surface area contributed by atoms with E-state index in [1.54, 1.807) is 24.3 Å². The van der Waals surface area contributed by atoms with E-state index in [0.29, 0.717) is 11.6 Å². The summed E-state index contributed by atoms with van der Waals surface area (Å²) in [4.78, 5) is 0.270. The molecule has 0 saturated heterocycles. The summed E-state index contributed by atoms with van der Waals surface area (Å²) >= 11 is 8.03. The fourth-order valence-electron chi connectivity index (χ4n) is 4.69. The van der Waals surface area contributed by atoms with Crippen LogP contribution in [0, 0.1) is 5.41 Å². The maximum absolute atomic E-state index is 12.7. The van der Waals surface area contributed by atoms with E-state index in [2.05, 4.69) is 40.7 Å². The predicted octanol–water partition coefficient (Wildman–Crippen LogP) is 6.25. The van der Waals surface area contributed by atoms with Crippen LogP contribution in [0.25, 0.3) is 0 Å². The quantitative estimate of drug-likeness (QED) is 0.440. The van der Waals surface area contributed by atoms with Crippen molar-refractivity contribution in [3.63, 3.8) is 0 Å². The zero-order valence-corrected chi connectivity index (χ0v) is 20.4. The van der Waals surface area contributed by atoms with Crippen molar-refractivity contribution in [1.29, 1.82) is 0 Å². The number of aryl methyl sites for hydroxylation is 1. The Morgan fingerprint density at radius 1 is 0.935 bits per heavy atom. The molecule has 31 heavy (non-hydrogen) atoms. The van der Waals surface area contributed by atoms with Crippen LogP contribution in [0.1, 0.15) is 56.1 Å². The Morgan fingerprint density at radius 3 is 2.19 bits per heavy atom. The zero-order chi connectivity index (χ0) is 21.7. The summed E-state index contributed by atoms with van der Waals surface area (Å²) in [5, 5.41) is 1.42. The van der Waals surface area contributed by atoms with E-state index in [4.69, 9.17) is 11.6 Å². The van der Waals surface area contributed by atoms with Gasteiger partial charge in [0.05, 0.1) is 4.90 Å². The molecule has 2 fully saturated rings. The average Bonchev–Trinajstić information content (AvgIpc) is 3.25. The van der Waals surface area contributed by atoms with Crippen LogP contribution < -0.4 is 4.72 Å². The van der Waals surface area contributed by atoms with Crippen LogP contribution >= 0.6 is 23.4 Å². The molecule has 2 aliphatic rings. The lowest BCUT2D eigenvalue weighted by Gasteiger charge is -2.42. The molecule has 2 saturated carbocycles. The van der Waals surface area contributed by atoms with E-state index in [1.165, 1.54) is 49.0 Å². The summed E-state index contributed by atoms with van der Waals surface area (Å²) in [6.07, 6.45) is 11.0. The topological polar surface area (TPSA) is 46.2 Å². The van der Waals surface area contributed by atoms with Gasteiger partial charge in [0.15, 0.2) is 0 Å². The lowest BCUT2D eigenvalue weighted by molar-refractivity contribution is 0.139. The number of halogens is 1. The lowest BCUT2D eigenvalue weighted by atomic mass is 9.65. The molecule has 2 aromatic carbocycles. The highest BCUT2D eigenvalue weighted by Crippen LogP contribution is 2.43. The number of benzene rings is 2. The third-order valence-electron chi connectivity index (χ3n) is 6.82. The molecule has 0 spiro atoms. The van der Waals surface area contributed by atoms with E-state index in [9.17, 15) is 8.42 Å². The Morgan fingerprint density at radius 2 is 1.58 bits per heavy atom. The van der Waals surface area contributed by atoms with Crippen molar-refractivity contribution in [1.82, 2.24) is 4.72 Å². The number of sulfonamides is 1. The number of rotatable bonds is 10. The third-order valence-corrected chi connectivity index (χ3v) is 9.88. The minimum absolute atomic E-state index is 0.0271. The number of hydrogen-bond donors (Lipinski definition) is 1. The van der Waals surface area contributed by atoms with E-state index in [1.807, 2.05) is 0 Å². The number of nitrogens with one attached hydrogen (secondary N) is 1. The molecular weight excluding hydrogens is 446 g/mol. The first-order chi connectivity index (χ1) is 14.9. The fraction of sp³-hybridized carbons (Fsp3) is 0.520. The van der Waals surface area contributed by atoms with Gasteiger partial charge in [0, 0.05) is 16.8 Å². The zero-order valence-electron chi connectivity index (χ0n) is 18.0. The summed E-state index contributed by atoms with van der Waals surface area (Å²) in [5.41, 5.74) is 2.73. The van der Waals surface area contributed by atoms with Crippen LogP contribution in [0.4, 0.5) is 0 Å². The maximum atomic E-state index is 12.7. The summed E-state index contributed by atoms with van der Waals surface area (Å²) in [6, 6.07) is 15.3. The van der Waals surface area contributed by atoms with Crippen LogP contribution in [0.5, 0.6) is 0 Å². The maximum Gasteiger partial charge on any atom is 0.240 e. The average molecular weight is 478 g/mol. The Balaban J connectivity index is 1.30. The van der Waals surface area contributed by atoms with Crippen molar-refractivity contribution in [3.05, 3.63) is 64.7 Å². The van der Waals surface area contributed by atoms with Gasteiger partial charge in [-0.3, -0.25) is 0 Å². The first-order valence-corrected chi connectivity index (χ1v) is 14.3. The van der Waals surface area contributed by atoms with E-state index < -0.39 is 10.0 Å². The Labute approximate surface area is 196 Å². The Bertz CT molecular complexity index is 948. The van der Waals surface area contributed by atoms with Gasteiger partial charge in [-0.15, -0.1) is 0 Å². The molecule has 0 aromatic heterocycles. The summed E-state index contributed by atoms with van der Waals surface area (Å²) in [5.74, 6) is 1.21. The van der Waals surface area contributed by atoms with Gasteiger partial charge in [-0.1, -0.05) is 55.1 Å². The molecule has 3 nitrogen and oxygen atoms in total. The molecule has 1 N–H and O–H groups in total. The van der Waals surface area contributed by atoms with Crippen molar-refractivity contribution in [2.75, 3.05) is 12.3 Å². The summed E-state index contributed by atoms with van der Waals surface area (Å²) < 4.78 is 28.2. The smallest absolute Gasteiger partial charge is 0.211 e.